The number of carbonyl (C=O) groups excluding carboxylic acids is 1. The van der Waals surface area contributed by atoms with Gasteiger partial charge in [-0.1, -0.05) is 6.92 Å². The maximum Gasteiger partial charge on any atom is 0.223 e. The van der Waals surface area contributed by atoms with Gasteiger partial charge in [0.2, 0.25) is 5.91 Å². The SMILES string of the molecule is CC(CO)CNC(=O)C1CCSC1. The van der Waals surface area contributed by atoms with Crippen LogP contribution >= 0.6 is 11.8 Å². The van der Waals surface area contributed by atoms with Crippen molar-refractivity contribution in [1.29, 1.82) is 0 Å². The zero-order chi connectivity index (χ0) is 9.68. The molecule has 1 rings (SSSR count). The lowest BCUT2D eigenvalue weighted by Gasteiger charge is -2.12. The Labute approximate surface area is 83.3 Å². The monoisotopic (exact) mass is 203 g/mol. The van der Waals surface area contributed by atoms with Crippen molar-refractivity contribution in [2.75, 3.05) is 24.7 Å². The number of hydrogen-bond acceptors (Lipinski definition) is 3. The lowest BCUT2D eigenvalue weighted by Crippen LogP contribution is -2.34. The van der Waals surface area contributed by atoms with Crippen molar-refractivity contribution in [3.8, 4) is 0 Å². The van der Waals surface area contributed by atoms with Crippen LogP contribution in [-0.4, -0.2) is 35.7 Å². The van der Waals surface area contributed by atoms with Gasteiger partial charge in [0.05, 0.1) is 0 Å². The maximum absolute atomic E-state index is 11.5. The second-order valence-electron chi connectivity index (χ2n) is 3.59. The summed E-state index contributed by atoms with van der Waals surface area (Å²) in [5.74, 6) is 2.59. The van der Waals surface area contributed by atoms with E-state index in [0.717, 1.165) is 17.9 Å². The molecule has 3 nitrogen and oxygen atoms in total. The molecule has 0 saturated carbocycles. The summed E-state index contributed by atoms with van der Waals surface area (Å²) in [6.07, 6.45) is 1.00. The van der Waals surface area contributed by atoms with Gasteiger partial charge in [-0.05, 0) is 18.1 Å². The van der Waals surface area contributed by atoms with Crippen LogP contribution in [-0.2, 0) is 4.79 Å². The first kappa shape index (κ1) is 10.9. The molecule has 0 bridgehead atoms. The minimum atomic E-state index is 0.139. The Hall–Kier alpha value is -0.220. The third-order valence-electron chi connectivity index (χ3n) is 2.24. The smallest absolute Gasteiger partial charge is 0.223 e. The van der Waals surface area contributed by atoms with E-state index in [4.69, 9.17) is 5.11 Å². The number of thioether (sulfide) groups is 1. The van der Waals surface area contributed by atoms with E-state index in [-0.39, 0.29) is 24.3 Å². The van der Waals surface area contributed by atoms with Gasteiger partial charge in [-0.2, -0.15) is 11.8 Å². The van der Waals surface area contributed by atoms with Gasteiger partial charge in [0.25, 0.3) is 0 Å². The van der Waals surface area contributed by atoms with Gasteiger partial charge in [-0.3, -0.25) is 4.79 Å². The Morgan fingerprint density at radius 2 is 2.54 bits per heavy atom. The Kier molecular flexibility index (Phi) is 4.59. The van der Waals surface area contributed by atoms with Crippen LogP contribution in [0, 0.1) is 11.8 Å². The Morgan fingerprint density at radius 1 is 1.77 bits per heavy atom. The van der Waals surface area contributed by atoms with Crippen LogP contribution in [0.3, 0.4) is 0 Å². The average Bonchev–Trinajstić information content (AvgIpc) is 2.66. The molecule has 0 radical (unpaired) electrons. The lowest BCUT2D eigenvalue weighted by atomic mass is 10.1. The first-order valence-electron chi connectivity index (χ1n) is 4.70. The molecule has 0 aromatic heterocycles. The molecule has 1 aliphatic heterocycles. The quantitative estimate of drug-likeness (QED) is 0.699. The average molecular weight is 203 g/mol. The fourth-order valence-corrected chi connectivity index (χ4v) is 2.45. The minimum absolute atomic E-state index is 0.139. The number of amides is 1. The zero-order valence-electron chi connectivity index (χ0n) is 7.95. The number of rotatable bonds is 4. The standard InChI is InChI=1S/C9H17NO2S/c1-7(5-11)4-10-9(12)8-2-3-13-6-8/h7-8,11H,2-6H2,1H3,(H,10,12). The van der Waals surface area contributed by atoms with Gasteiger partial charge in [0.15, 0.2) is 0 Å². The largest absolute Gasteiger partial charge is 0.396 e. The number of aliphatic hydroxyl groups is 1. The fraction of sp³-hybridized carbons (Fsp3) is 0.889. The topological polar surface area (TPSA) is 49.3 Å². The molecular formula is C9H17NO2S. The molecule has 2 N–H and O–H groups in total. The lowest BCUT2D eigenvalue weighted by molar-refractivity contribution is -0.124. The zero-order valence-corrected chi connectivity index (χ0v) is 8.77. The van der Waals surface area contributed by atoms with Crippen molar-refractivity contribution < 1.29 is 9.90 Å². The highest BCUT2D eigenvalue weighted by atomic mass is 32.2. The number of aliphatic hydroxyl groups excluding tert-OH is 1. The molecule has 0 spiro atoms. The molecule has 2 unspecified atom stereocenters. The van der Waals surface area contributed by atoms with E-state index in [1.807, 2.05) is 18.7 Å². The number of nitrogens with one attached hydrogen (secondary N) is 1. The van der Waals surface area contributed by atoms with Crippen molar-refractivity contribution in [1.82, 2.24) is 5.32 Å². The second kappa shape index (κ2) is 5.50. The van der Waals surface area contributed by atoms with Crippen molar-refractivity contribution >= 4 is 17.7 Å². The van der Waals surface area contributed by atoms with E-state index >= 15 is 0 Å². The molecule has 0 aliphatic carbocycles. The molecule has 4 heteroatoms. The normalized spacial score (nSPS) is 24.3. The summed E-state index contributed by atoms with van der Waals surface area (Å²) in [6.45, 7) is 2.65. The van der Waals surface area contributed by atoms with Gasteiger partial charge in [0, 0.05) is 24.8 Å². The van der Waals surface area contributed by atoms with Crippen molar-refractivity contribution in [2.45, 2.75) is 13.3 Å². The third kappa shape index (κ3) is 3.56. The summed E-state index contributed by atoms with van der Waals surface area (Å²) >= 11 is 1.84. The Bertz CT molecular complexity index is 169. The van der Waals surface area contributed by atoms with E-state index < -0.39 is 0 Å². The summed E-state index contributed by atoms with van der Waals surface area (Å²) in [4.78, 5) is 11.5. The van der Waals surface area contributed by atoms with Crippen molar-refractivity contribution in [3.63, 3.8) is 0 Å². The van der Waals surface area contributed by atoms with Gasteiger partial charge in [-0.25, -0.2) is 0 Å². The van der Waals surface area contributed by atoms with Gasteiger partial charge in [-0.15, -0.1) is 0 Å². The number of hydrogen-bond donors (Lipinski definition) is 2. The van der Waals surface area contributed by atoms with E-state index in [2.05, 4.69) is 5.32 Å². The maximum atomic E-state index is 11.5. The Morgan fingerprint density at radius 3 is 3.08 bits per heavy atom. The predicted octanol–water partition coefficient (Wildman–Crippen LogP) is 0.484. The fourth-order valence-electron chi connectivity index (χ4n) is 1.23. The summed E-state index contributed by atoms with van der Waals surface area (Å²) in [5.41, 5.74) is 0. The molecule has 13 heavy (non-hydrogen) atoms. The van der Waals surface area contributed by atoms with E-state index in [0.29, 0.717) is 6.54 Å². The van der Waals surface area contributed by atoms with Crippen LogP contribution in [0.25, 0.3) is 0 Å². The van der Waals surface area contributed by atoms with Crippen LogP contribution in [0.5, 0.6) is 0 Å². The van der Waals surface area contributed by atoms with Crippen LogP contribution in [0.1, 0.15) is 13.3 Å². The molecule has 1 aliphatic rings. The van der Waals surface area contributed by atoms with Crippen LogP contribution in [0.4, 0.5) is 0 Å². The molecule has 1 heterocycles. The molecule has 76 valence electrons. The molecule has 1 saturated heterocycles. The second-order valence-corrected chi connectivity index (χ2v) is 4.74. The summed E-state index contributed by atoms with van der Waals surface area (Å²) in [6, 6.07) is 0. The van der Waals surface area contributed by atoms with E-state index in [9.17, 15) is 4.79 Å². The molecule has 2 atom stereocenters. The summed E-state index contributed by atoms with van der Waals surface area (Å²) < 4.78 is 0. The molecule has 0 aromatic rings. The van der Waals surface area contributed by atoms with Gasteiger partial charge < -0.3 is 10.4 Å². The van der Waals surface area contributed by atoms with Gasteiger partial charge >= 0.3 is 0 Å². The molecular weight excluding hydrogens is 186 g/mol. The highest BCUT2D eigenvalue weighted by molar-refractivity contribution is 7.99. The third-order valence-corrected chi connectivity index (χ3v) is 3.40. The molecule has 1 amide bonds. The highest BCUT2D eigenvalue weighted by Gasteiger charge is 2.22. The predicted molar refractivity (Wildman–Crippen MR) is 54.7 cm³/mol. The minimum Gasteiger partial charge on any atom is -0.396 e. The summed E-state index contributed by atoms with van der Waals surface area (Å²) in [7, 11) is 0. The molecule has 1 fully saturated rings. The van der Waals surface area contributed by atoms with Crippen molar-refractivity contribution in [3.05, 3.63) is 0 Å². The molecule has 0 aromatic carbocycles. The first-order chi connectivity index (χ1) is 6.24. The summed E-state index contributed by atoms with van der Waals surface area (Å²) in [5, 5.41) is 11.6. The van der Waals surface area contributed by atoms with Crippen LogP contribution < -0.4 is 5.32 Å². The van der Waals surface area contributed by atoms with Gasteiger partial charge in [0.1, 0.15) is 0 Å². The van der Waals surface area contributed by atoms with E-state index in [1.54, 1.807) is 0 Å². The first-order valence-corrected chi connectivity index (χ1v) is 5.85. The van der Waals surface area contributed by atoms with Crippen molar-refractivity contribution in [2.24, 2.45) is 11.8 Å². The van der Waals surface area contributed by atoms with Crippen LogP contribution in [0.2, 0.25) is 0 Å². The van der Waals surface area contributed by atoms with Crippen LogP contribution in [0.15, 0.2) is 0 Å². The van der Waals surface area contributed by atoms with E-state index in [1.165, 1.54) is 0 Å². The number of carbonyl (C=O) groups is 1. The Balaban J connectivity index is 2.16. The highest BCUT2D eigenvalue weighted by Crippen LogP contribution is 2.23.